The molecule has 0 aromatic heterocycles. The summed E-state index contributed by atoms with van der Waals surface area (Å²) in [5.41, 5.74) is 1.44. The van der Waals surface area contributed by atoms with Crippen LogP contribution in [0.3, 0.4) is 0 Å². The number of ether oxygens (including phenoxy) is 2. The predicted molar refractivity (Wildman–Crippen MR) is 110 cm³/mol. The molecule has 1 N–H and O–H groups in total. The van der Waals surface area contributed by atoms with Gasteiger partial charge in [-0.05, 0) is 42.7 Å². The Bertz CT molecular complexity index is 899. The lowest BCUT2D eigenvalue weighted by atomic mass is 10.1. The molecule has 0 atom stereocenters. The van der Waals surface area contributed by atoms with E-state index >= 15 is 0 Å². The minimum absolute atomic E-state index is 0.307. The van der Waals surface area contributed by atoms with E-state index in [1.807, 2.05) is 24.3 Å². The van der Waals surface area contributed by atoms with E-state index < -0.39 is 10.0 Å². The van der Waals surface area contributed by atoms with Crippen LogP contribution in [-0.4, -0.2) is 47.9 Å². The molecule has 0 saturated carbocycles. The van der Waals surface area contributed by atoms with Crippen LogP contribution in [0, 0.1) is 0 Å². The average molecular weight is 407 g/mol. The van der Waals surface area contributed by atoms with Gasteiger partial charge in [-0.15, -0.1) is 0 Å². The summed E-state index contributed by atoms with van der Waals surface area (Å²) in [6.07, 6.45) is 2.57. The minimum Gasteiger partial charge on any atom is -0.497 e. The van der Waals surface area contributed by atoms with Gasteiger partial charge in [0.25, 0.3) is 0 Å². The fourth-order valence-electron chi connectivity index (χ4n) is 2.75. The number of rotatable bonds is 10. The summed E-state index contributed by atoms with van der Waals surface area (Å²) in [5.74, 6) is 0.808. The maximum atomic E-state index is 12.3. The zero-order valence-corrected chi connectivity index (χ0v) is 17.2. The maximum absolute atomic E-state index is 12.3. The molecule has 0 spiro atoms. The number of nitrogens with one attached hydrogen (secondary N) is 1. The lowest BCUT2D eigenvalue weighted by molar-refractivity contribution is -0.119. The predicted octanol–water partition coefficient (Wildman–Crippen LogP) is 2.22. The lowest BCUT2D eigenvalue weighted by Crippen LogP contribution is -2.40. The molecule has 2 aromatic rings. The zero-order valence-electron chi connectivity index (χ0n) is 16.3. The Labute approximate surface area is 166 Å². The van der Waals surface area contributed by atoms with Gasteiger partial charge in [0.15, 0.2) is 0 Å². The van der Waals surface area contributed by atoms with Crippen molar-refractivity contribution < 1.29 is 22.7 Å². The van der Waals surface area contributed by atoms with Crippen molar-refractivity contribution in [2.24, 2.45) is 0 Å². The SMILES string of the molecule is COc1cccc(CCCNC(=O)CN(c2ccccc2OC)S(C)(=O)=O)c1. The first-order valence-corrected chi connectivity index (χ1v) is 10.7. The summed E-state index contributed by atoms with van der Waals surface area (Å²) in [5, 5.41) is 2.77. The summed E-state index contributed by atoms with van der Waals surface area (Å²) in [7, 11) is -0.572. The first-order valence-electron chi connectivity index (χ1n) is 8.85. The molecule has 0 aliphatic rings. The quantitative estimate of drug-likeness (QED) is 0.612. The van der Waals surface area contributed by atoms with Crippen molar-refractivity contribution in [2.45, 2.75) is 12.8 Å². The van der Waals surface area contributed by atoms with Gasteiger partial charge < -0.3 is 14.8 Å². The van der Waals surface area contributed by atoms with Gasteiger partial charge in [-0.3, -0.25) is 9.10 Å². The summed E-state index contributed by atoms with van der Waals surface area (Å²) in [6, 6.07) is 14.4. The molecule has 8 heteroatoms. The topological polar surface area (TPSA) is 84.9 Å². The van der Waals surface area contributed by atoms with E-state index in [2.05, 4.69) is 5.32 Å². The molecule has 28 heavy (non-hydrogen) atoms. The largest absolute Gasteiger partial charge is 0.497 e. The number of amides is 1. The normalized spacial score (nSPS) is 11.0. The smallest absolute Gasteiger partial charge is 0.240 e. The number of carbonyl (C=O) groups is 1. The fraction of sp³-hybridized carbons (Fsp3) is 0.350. The van der Waals surface area contributed by atoms with Crippen LogP contribution >= 0.6 is 0 Å². The van der Waals surface area contributed by atoms with Crippen LogP contribution < -0.4 is 19.1 Å². The van der Waals surface area contributed by atoms with Crippen molar-refractivity contribution in [2.75, 3.05) is 37.9 Å². The number of nitrogens with zero attached hydrogens (tertiary/aromatic N) is 1. The van der Waals surface area contributed by atoms with Crippen LogP contribution in [0.1, 0.15) is 12.0 Å². The Morgan fingerprint density at radius 1 is 1.07 bits per heavy atom. The van der Waals surface area contributed by atoms with E-state index in [4.69, 9.17) is 9.47 Å². The van der Waals surface area contributed by atoms with E-state index in [9.17, 15) is 13.2 Å². The molecule has 1 amide bonds. The number of anilines is 1. The third-order valence-corrected chi connectivity index (χ3v) is 5.27. The standard InChI is InChI=1S/C20H26N2O5S/c1-26-17-10-6-8-16(14-17)9-7-13-21-20(23)15-22(28(3,24)25)18-11-4-5-12-19(18)27-2/h4-6,8,10-12,14H,7,9,13,15H2,1-3H3,(H,21,23). The number of benzene rings is 2. The van der Waals surface area contributed by atoms with E-state index in [1.54, 1.807) is 31.4 Å². The maximum Gasteiger partial charge on any atom is 0.240 e. The highest BCUT2D eigenvalue weighted by atomic mass is 32.2. The van der Waals surface area contributed by atoms with Crippen molar-refractivity contribution in [1.82, 2.24) is 5.32 Å². The number of carbonyl (C=O) groups excluding carboxylic acids is 1. The van der Waals surface area contributed by atoms with Crippen molar-refractivity contribution in [3.63, 3.8) is 0 Å². The molecule has 0 unspecified atom stereocenters. The van der Waals surface area contributed by atoms with Gasteiger partial charge in [0.2, 0.25) is 15.9 Å². The molecular formula is C20H26N2O5S. The number of methoxy groups -OCH3 is 2. The van der Waals surface area contributed by atoms with Gasteiger partial charge >= 0.3 is 0 Å². The van der Waals surface area contributed by atoms with Gasteiger partial charge in [-0.25, -0.2) is 8.42 Å². The van der Waals surface area contributed by atoms with Crippen LogP contribution in [-0.2, 0) is 21.2 Å². The third-order valence-electron chi connectivity index (χ3n) is 4.14. The average Bonchev–Trinajstić information content (AvgIpc) is 2.68. The molecular weight excluding hydrogens is 380 g/mol. The molecule has 0 bridgehead atoms. The van der Waals surface area contributed by atoms with E-state index in [1.165, 1.54) is 7.11 Å². The van der Waals surface area contributed by atoms with Crippen LogP contribution in [0.4, 0.5) is 5.69 Å². The second kappa shape index (κ2) is 9.98. The summed E-state index contributed by atoms with van der Waals surface area (Å²) in [6.45, 7) is 0.137. The lowest BCUT2D eigenvalue weighted by Gasteiger charge is -2.23. The Morgan fingerprint density at radius 2 is 1.82 bits per heavy atom. The highest BCUT2D eigenvalue weighted by Gasteiger charge is 2.23. The molecule has 2 rings (SSSR count). The Morgan fingerprint density at radius 3 is 2.50 bits per heavy atom. The number of para-hydroxylation sites is 2. The molecule has 0 fully saturated rings. The Balaban J connectivity index is 1.93. The Kier molecular flexibility index (Phi) is 7.69. The number of sulfonamides is 1. The van der Waals surface area contributed by atoms with Crippen molar-refractivity contribution in [1.29, 1.82) is 0 Å². The van der Waals surface area contributed by atoms with Crippen LogP contribution in [0.5, 0.6) is 11.5 Å². The number of hydrogen-bond acceptors (Lipinski definition) is 5. The van der Waals surface area contributed by atoms with Crippen molar-refractivity contribution in [3.8, 4) is 11.5 Å². The molecule has 7 nitrogen and oxygen atoms in total. The Hall–Kier alpha value is -2.74. The number of hydrogen-bond donors (Lipinski definition) is 1. The second-order valence-corrected chi connectivity index (χ2v) is 8.15. The highest BCUT2D eigenvalue weighted by molar-refractivity contribution is 7.92. The zero-order chi connectivity index (χ0) is 20.6. The third kappa shape index (κ3) is 6.16. The van der Waals surface area contributed by atoms with Gasteiger partial charge in [-0.1, -0.05) is 24.3 Å². The van der Waals surface area contributed by atoms with Gasteiger partial charge in [0.1, 0.15) is 18.0 Å². The molecule has 0 aliphatic heterocycles. The molecule has 152 valence electrons. The van der Waals surface area contributed by atoms with Gasteiger partial charge in [-0.2, -0.15) is 0 Å². The summed E-state index contributed by atoms with van der Waals surface area (Å²) >= 11 is 0. The van der Waals surface area contributed by atoms with Crippen LogP contribution in [0.15, 0.2) is 48.5 Å². The van der Waals surface area contributed by atoms with E-state index in [0.29, 0.717) is 18.0 Å². The molecule has 0 heterocycles. The van der Waals surface area contributed by atoms with Crippen molar-refractivity contribution >= 4 is 21.6 Å². The summed E-state index contributed by atoms with van der Waals surface area (Å²) < 4.78 is 35.8. The van der Waals surface area contributed by atoms with Crippen LogP contribution in [0.2, 0.25) is 0 Å². The molecule has 0 radical (unpaired) electrons. The first-order chi connectivity index (χ1) is 13.3. The fourth-order valence-corrected chi connectivity index (χ4v) is 3.61. The summed E-state index contributed by atoms with van der Waals surface area (Å²) in [4.78, 5) is 12.3. The first kappa shape index (κ1) is 21.6. The van der Waals surface area contributed by atoms with E-state index in [-0.39, 0.29) is 12.5 Å². The molecule has 2 aromatic carbocycles. The van der Waals surface area contributed by atoms with Crippen LogP contribution in [0.25, 0.3) is 0 Å². The molecule has 0 aliphatic carbocycles. The van der Waals surface area contributed by atoms with Crippen molar-refractivity contribution in [3.05, 3.63) is 54.1 Å². The monoisotopic (exact) mass is 406 g/mol. The van der Waals surface area contributed by atoms with Gasteiger partial charge in [0, 0.05) is 6.54 Å². The number of aryl methyl sites for hydroxylation is 1. The highest BCUT2D eigenvalue weighted by Crippen LogP contribution is 2.29. The van der Waals surface area contributed by atoms with E-state index in [0.717, 1.165) is 34.7 Å². The molecule has 0 saturated heterocycles. The second-order valence-electron chi connectivity index (χ2n) is 6.25. The minimum atomic E-state index is -3.65. The van der Waals surface area contributed by atoms with Gasteiger partial charge in [0.05, 0.1) is 26.2 Å².